The lowest BCUT2D eigenvalue weighted by Crippen LogP contribution is -2.11. The lowest BCUT2D eigenvalue weighted by atomic mass is 10.2. The Labute approximate surface area is 108 Å². The van der Waals surface area contributed by atoms with Crippen LogP contribution in [0.3, 0.4) is 0 Å². The molecule has 88 valence electrons. The van der Waals surface area contributed by atoms with Crippen LogP contribution in [-0.2, 0) is 0 Å². The Morgan fingerprint density at radius 1 is 1.41 bits per heavy atom. The SMILES string of the molecule is Cc1cscc1C(=O)Nc1ccc(Cl)c(O)c1. The highest BCUT2D eigenvalue weighted by Gasteiger charge is 2.10. The molecule has 0 saturated carbocycles. The molecule has 0 atom stereocenters. The Kier molecular flexibility index (Phi) is 3.36. The van der Waals surface area contributed by atoms with Gasteiger partial charge in [-0.3, -0.25) is 4.79 Å². The summed E-state index contributed by atoms with van der Waals surface area (Å²) in [4.78, 5) is 11.9. The monoisotopic (exact) mass is 267 g/mol. The summed E-state index contributed by atoms with van der Waals surface area (Å²) in [7, 11) is 0. The van der Waals surface area contributed by atoms with Crippen molar-refractivity contribution in [2.24, 2.45) is 0 Å². The number of phenols is 1. The predicted octanol–water partition coefficient (Wildman–Crippen LogP) is 3.67. The summed E-state index contributed by atoms with van der Waals surface area (Å²) in [6.07, 6.45) is 0. The van der Waals surface area contributed by atoms with Gasteiger partial charge >= 0.3 is 0 Å². The number of anilines is 1. The zero-order valence-electron chi connectivity index (χ0n) is 9.03. The van der Waals surface area contributed by atoms with E-state index in [0.29, 0.717) is 11.3 Å². The Morgan fingerprint density at radius 2 is 2.18 bits per heavy atom. The summed E-state index contributed by atoms with van der Waals surface area (Å²) in [6, 6.07) is 4.59. The first-order valence-electron chi connectivity index (χ1n) is 4.90. The Hall–Kier alpha value is -1.52. The van der Waals surface area contributed by atoms with Crippen molar-refractivity contribution in [1.82, 2.24) is 0 Å². The van der Waals surface area contributed by atoms with Crippen molar-refractivity contribution in [3.05, 3.63) is 45.1 Å². The van der Waals surface area contributed by atoms with Gasteiger partial charge in [0.1, 0.15) is 5.75 Å². The molecule has 2 aromatic rings. The summed E-state index contributed by atoms with van der Waals surface area (Å²) in [5.74, 6) is -0.239. The molecule has 1 aromatic carbocycles. The van der Waals surface area contributed by atoms with Crippen LogP contribution in [0.4, 0.5) is 5.69 Å². The summed E-state index contributed by atoms with van der Waals surface area (Å²) in [5.41, 5.74) is 2.10. The maximum Gasteiger partial charge on any atom is 0.256 e. The molecule has 0 bridgehead atoms. The first-order valence-corrected chi connectivity index (χ1v) is 6.22. The van der Waals surface area contributed by atoms with E-state index < -0.39 is 0 Å². The third-order valence-corrected chi connectivity index (χ3v) is 3.49. The Morgan fingerprint density at radius 3 is 2.76 bits per heavy atom. The molecule has 0 spiro atoms. The first-order chi connectivity index (χ1) is 8.08. The quantitative estimate of drug-likeness (QED) is 0.872. The van der Waals surface area contributed by atoms with Crippen LogP contribution in [0.5, 0.6) is 5.75 Å². The highest BCUT2D eigenvalue weighted by molar-refractivity contribution is 7.08. The standard InChI is InChI=1S/C12H10ClNO2S/c1-7-5-17-6-9(7)12(16)14-8-2-3-10(13)11(15)4-8/h2-6,15H,1H3,(H,14,16). The van der Waals surface area contributed by atoms with E-state index in [4.69, 9.17) is 11.6 Å². The molecule has 3 nitrogen and oxygen atoms in total. The van der Waals surface area contributed by atoms with Crippen LogP contribution >= 0.6 is 22.9 Å². The molecule has 0 unspecified atom stereocenters. The normalized spacial score (nSPS) is 10.2. The molecule has 0 saturated heterocycles. The van der Waals surface area contributed by atoms with Gasteiger partial charge in [0, 0.05) is 17.1 Å². The molecule has 0 aliphatic rings. The average molecular weight is 268 g/mol. The Balaban J connectivity index is 2.19. The highest BCUT2D eigenvalue weighted by atomic mass is 35.5. The fourth-order valence-electron chi connectivity index (χ4n) is 1.38. The molecular formula is C12H10ClNO2S. The van der Waals surface area contributed by atoms with Gasteiger partial charge in [0.15, 0.2) is 0 Å². The van der Waals surface area contributed by atoms with Crippen LogP contribution in [0.25, 0.3) is 0 Å². The number of phenolic OH excluding ortho intramolecular Hbond substituents is 1. The van der Waals surface area contributed by atoms with Gasteiger partial charge in [-0.2, -0.15) is 11.3 Å². The minimum absolute atomic E-state index is 0.0495. The van der Waals surface area contributed by atoms with Gasteiger partial charge in [0.25, 0.3) is 5.91 Å². The van der Waals surface area contributed by atoms with Crippen LogP contribution < -0.4 is 5.32 Å². The minimum atomic E-state index is -0.189. The molecule has 2 N–H and O–H groups in total. The summed E-state index contributed by atoms with van der Waals surface area (Å²) in [5, 5.41) is 16.1. The molecule has 5 heteroatoms. The lowest BCUT2D eigenvalue weighted by Gasteiger charge is -2.06. The van der Waals surface area contributed by atoms with Crippen LogP contribution in [0.15, 0.2) is 29.0 Å². The molecule has 2 rings (SSSR count). The number of hydrogen-bond donors (Lipinski definition) is 2. The fourth-order valence-corrected chi connectivity index (χ4v) is 2.33. The van der Waals surface area contributed by atoms with Gasteiger partial charge in [-0.15, -0.1) is 0 Å². The van der Waals surface area contributed by atoms with E-state index in [9.17, 15) is 9.90 Å². The van der Waals surface area contributed by atoms with E-state index in [1.54, 1.807) is 11.4 Å². The maximum absolute atomic E-state index is 11.9. The van der Waals surface area contributed by atoms with Crippen molar-refractivity contribution in [2.75, 3.05) is 5.32 Å². The molecule has 0 aliphatic carbocycles. The minimum Gasteiger partial charge on any atom is -0.506 e. The number of nitrogens with one attached hydrogen (secondary N) is 1. The molecule has 1 heterocycles. The summed E-state index contributed by atoms with van der Waals surface area (Å²) >= 11 is 7.16. The summed E-state index contributed by atoms with van der Waals surface area (Å²) < 4.78 is 0. The lowest BCUT2D eigenvalue weighted by molar-refractivity contribution is 0.102. The average Bonchev–Trinajstić information content (AvgIpc) is 2.70. The second-order valence-electron chi connectivity index (χ2n) is 3.59. The molecule has 0 radical (unpaired) electrons. The molecular weight excluding hydrogens is 258 g/mol. The second kappa shape index (κ2) is 4.77. The number of amides is 1. The van der Waals surface area contributed by atoms with E-state index >= 15 is 0 Å². The third-order valence-electron chi connectivity index (χ3n) is 2.30. The van der Waals surface area contributed by atoms with Crippen molar-refractivity contribution in [3.63, 3.8) is 0 Å². The summed E-state index contributed by atoms with van der Waals surface area (Å²) in [6.45, 7) is 1.88. The van der Waals surface area contributed by atoms with E-state index in [1.165, 1.54) is 23.5 Å². The number of carbonyl (C=O) groups excluding carboxylic acids is 1. The van der Waals surface area contributed by atoms with Crippen molar-refractivity contribution in [2.45, 2.75) is 6.92 Å². The topological polar surface area (TPSA) is 49.3 Å². The fraction of sp³-hybridized carbons (Fsp3) is 0.0833. The zero-order valence-corrected chi connectivity index (χ0v) is 10.6. The zero-order chi connectivity index (χ0) is 12.4. The molecule has 0 aliphatic heterocycles. The number of rotatable bonds is 2. The van der Waals surface area contributed by atoms with Gasteiger partial charge in [-0.1, -0.05) is 11.6 Å². The van der Waals surface area contributed by atoms with Crippen molar-refractivity contribution < 1.29 is 9.90 Å². The van der Waals surface area contributed by atoms with Gasteiger partial charge in [0.2, 0.25) is 0 Å². The number of thiophene rings is 1. The van der Waals surface area contributed by atoms with Gasteiger partial charge in [-0.25, -0.2) is 0 Å². The highest BCUT2D eigenvalue weighted by Crippen LogP contribution is 2.26. The van der Waals surface area contributed by atoms with Crippen molar-refractivity contribution in [1.29, 1.82) is 0 Å². The molecule has 17 heavy (non-hydrogen) atoms. The van der Waals surface area contributed by atoms with Crippen LogP contribution in [0.2, 0.25) is 5.02 Å². The molecule has 0 fully saturated rings. The predicted molar refractivity (Wildman–Crippen MR) is 70.1 cm³/mol. The number of aryl methyl sites for hydroxylation is 1. The Bertz CT molecular complexity index is 565. The van der Waals surface area contributed by atoms with Crippen molar-refractivity contribution in [3.8, 4) is 5.75 Å². The molecule has 1 amide bonds. The second-order valence-corrected chi connectivity index (χ2v) is 4.74. The number of benzene rings is 1. The third kappa shape index (κ3) is 2.60. The van der Waals surface area contributed by atoms with Gasteiger partial charge in [-0.05, 0) is 30.0 Å². The largest absolute Gasteiger partial charge is 0.506 e. The number of aromatic hydroxyl groups is 1. The smallest absolute Gasteiger partial charge is 0.256 e. The van der Waals surface area contributed by atoms with Crippen LogP contribution in [0, 0.1) is 6.92 Å². The number of carbonyl (C=O) groups is 1. The van der Waals surface area contributed by atoms with E-state index in [1.807, 2.05) is 12.3 Å². The van der Waals surface area contributed by atoms with Crippen LogP contribution in [0.1, 0.15) is 15.9 Å². The molecule has 1 aromatic heterocycles. The first kappa shape index (κ1) is 12.0. The van der Waals surface area contributed by atoms with E-state index in [0.717, 1.165) is 5.56 Å². The van der Waals surface area contributed by atoms with Crippen molar-refractivity contribution >= 4 is 34.5 Å². The van der Waals surface area contributed by atoms with Crippen LogP contribution in [-0.4, -0.2) is 11.0 Å². The van der Waals surface area contributed by atoms with E-state index in [2.05, 4.69) is 5.32 Å². The van der Waals surface area contributed by atoms with E-state index in [-0.39, 0.29) is 16.7 Å². The van der Waals surface area contributed by atoms with Gasteiger partial charge < -0.3 is 10.4 Å². The number of halogens is 1. The van der Waals surface area contributed by atoms with Gasteiger partial charge in [0.05, 0.1) is 10.6 Å². The number of hydrogen-bond acceptors (Lipinski definition) is 3. The maximum atomic E-state index is 11.9.